The molecule has 2 rings (SSSR count). The SMILES string of the molecule is O=C1CC2=CCCC2C1. The monoisotopic (exact) mass is 122 g/mol. The van der Waals surface area contributed by atoms with Crippen molar-refractivity contribution in [2.75, 3.05) is 0 Å². The molecular formula is C8H10O. The van der Waals surface area contributed by atoms with Crippen molar-refractivity contribution < 1.29 is 4.79 Å². The van der Waals surface area contributed by atoms with Gasteiger partial charge in [-0.15, -0.1) is 0 Å². The lowest BCUT2D eigenvalue weighted by molar-refractivity contribution is -0.117. The van der Waals surface area contributed by atoms with E-state index in [-0.39, 0.29) is 0 Å². The summed E-state index contributed by atoms with van der Waals surface area (Å²) in [6.07, 6.45) is 6.31. The first kappa shape index (κ1) is 5.21. The van der Waals surface area contributed by atoms with Crippen LogP contribution in [-0.4, -0.2) is 5.78 Å². The maximum Gasteiger partial charge on any atom is 0.137 e. The van der Waals surface area contributed by atoms with Crippen LogP contribution in [0, 0.1) is 5.92 Å². The largest absolute Gasteiger partial charge is 0.299 e. The summed E-state index contributed by atoms with van der Waals surface area (Å²) in [5.74, 6) is 1.11. The van der Waals surface area contributed by atoms with Gasteiger partial charge in [0.25, 0.3) is 0 Å². The molecule has 2 aliphatic carbocycles. The van der Waals surface area contributed by atoms with Crippen LogP contribution in [0.2, 0.25) is 0 Å². The Balaban J connectivity index is 2.24. The molecule has 1 saturated carbocycles. The molecule has 1 fully saturated rings. The van der Waals surface area contributed by atoms with Crippen LogP contribution < -0.4 is 0 Å². The number of hydrogen-bond acceptors (Lipinski definition) is 1. The third-order valence-corrected chi connectivity index (χ3v) is 2.32. The highest BCUT2D eigenvalue weighted by Crippen LogP contribution is 2.37. The van der Waals surface area contributed by atoms with Crippen LogP contribution in [0.25, 0.3) is 0 Å². The van der Waals surface area contributed by atoms with Gasteiger partial charge < -0.3 is 0 Å². The summed E-state index contributed by atoms with van der Waals surface area (Å²) in [6, 6.07) is 0. The Kier molecular flexibility index (Phi) is 0.981. The quantitative estimate of drug-likeness (QED) is 0.447. The summed E-state index contributed by atoms with van der Waals surface area (Å²) in [6.45, 7) is 0. The normalized spacial score (nSPS) is 32.7. The number of ketones is 1. The molecule has 0 aliphatic heterocycles. The van der Waals surface area contributed by atoms with Gasteiger partial charge in [0.05, 0.1) is 0 Å². The van der Waals surface area contributed by atoms with E-state index in [1.165, 1.54) is 18.4 Å². The minimum atomic E-state index is 0.450. The van der Waals surface area contributed by atoms with Crippen molar-refractivity contribution in [3.63, 3.8) is 0 Å². The molecule has 1 unspecified atom stereocenters. The average Bonchev–Trinajstić information content (AvgIpc) is 2.22. The van der Waals surface area contributed by atoms with E-state index in [0.29, 0.717) is 11.7 Å². The maximum absolute atomic E-state index is 10.8. The van der Waals surface area contributed by atoms with Crippen LogP contribution in [0.5, 0.6) is 0 Å². The van der Waals surface area contributed by atoms with E-state index >= 15 is 0 Å². The molecule has 0 aromatic heterocycles. The molecule has 0 radical (unpaired) electrons. The van der Waals surface area contributed by atoms with Gasteiger partial charge in [-0.3, -0.25) is 4.79 Å². The van der Waals surface area contributed by atoms with Crippen LogP contribution in [0.4, 0.5) is 0 Å². The fraction of sp³-hybridized carbons (Fsp3) is 0.625. The first-order chi connectivity index (χ1) is 4.36. The van der Waals surface area contributed by atoms with Gasteiger partial charge in [-0.25, -0.2) is 0 Å². The van der Waals surface area contributed by atoms with Crippen LogP contribution in [0.1, 0.15) is 25.7 Å². The number of fused-ring (bicyclic) bond motifs is 1. The molecule has 0 spiro atoms. The third-order valence-electron chi connectivity index (χ3n) is 2.32. The zero-order chi connectivity index (χ0) is 6.27. The van der Waals surface area contributed by atoms with Gasteiger partial charge in [0, 0.05) is 12.8 Å². The Morgan fingerprint density at radius 2 is 2.44 bits per heavy atom. The van der Waals surface area contributed by atoms with Gasteiger partial charge in [-0.1, -0.05) is 11.6 Å². The maximum atomic E-state index is 10.8. The third kappa shape index (κ3) is 0.716. The molecular weight excluding hydrogens is 112 g/mol. The summed E-state index contributed by atoms with van der Waals surface area (Å²) in [4.78, 5) is 10.8. The van der Waals surface area contributed by atoms with E-state index in [4.69, 9.17) is 0 Å². The zero-order valence-electron chi connectivity index (χ0n) is 5.39. The van der Waals surface area contributed by atoms with E-state index in [0.717, 1.165) is 12.8 Å². The predicted molar refractivity (Wildman–Crippen MR) is 35.0 cm³/mol. The fourth-order valence-corrected chi connectivity index (χ4v) is 1.85. The van der Waals surface area contributed by atoms with Crippen molar-refractivity contribution in [2.45, 2.75) is 25.7 Å². The lowest BCUT2D eigenvalue weighted by Gasteiger charge is -1.97. The van der Waals surface area contributed by atoms with Crippen LogP contribution in [-0.2, 0) is 4.79 Å². The second-order valence-electron chi connectivity index (χ2n) is 2.97. The number of allylic oxidation sites excluding steroid dienone is 2. The molecule has 0 amide bonds. The highest BCUT2D eigenvalue weighted by Gasteiger charge is 2.29. The first-order valence-electron chi connectivity index (χ1n) is 3.57. The second-order valence-corrected chi connectivity index (χ2v) is 2.97. The lowest BCUT2D eigenvalue weighted by atomic mass is 10.1. The van der Waals surface area contributed by atoms with Gasteiger partial charge in [-0.2, -0.15) is 0 Å². The molecule has 48 valence electrons. The van der Waals surface area contributed by atoms with Gasteiger partial charge >= 0.3 is 0 Å². The zero-order valence-corrected chi connectivity index (χ0v) is 5.39. The van der Waals surface area contributed by atoms with E-state index in [1.807, 2.05) is 0 Å². The highest BCUT2D eigenvalue weighted by atomic mass is 16.1. The Morgan fingerprint density at radius 1 is 1.56 bits per heavy atom. The number of rotatable bonds is 0. The smallest absolute Gasteiger partial charge is 0.137 e. The summed E-state index contributed by atoms with van der Waals surface area (Å²) < 4.78 is 0. The van der Waals surface area contributed by atoms with Crippen molar-refractivity contribution in [2.24, 2.45) is 5.92 Å². The van der Waals surface area contributed by atoms with E-state index in [2.05, 4.69) is 6.08 Å². The topological polar surface area (TPSA) is 17.1 Å². The molecule has 1 atom stereocenters. The van der Waals surface area contributed by atoms with E-state index in [9.17, 15) is 4.79 Å². The summed E-state index contributed by atoms with van der Waals surface area (Å²) in [5.41, 5.74) is 1.43. The van der Waals surface area contributed by atoms with Crippen molar-refractivity contribution in [1.82, 2.24) is 0 Å². The lowest BCUT2D eigenvalue weighted by Crippen LogP contribution is -1.91. The van der Waals surface area contributed by atoms with Crippen LogP contribution >= 0.6 is 0 Å². The van der Waals surface area contributed by atoms with Crippen molar-refractivity contribution in [3.8, 4) is 0 Å². The second kappa shape index (κ2) is 1.69. The Bertz CT molecular complexity index is 179. The van der Waals surface area contributed by atoms with E-state index < -0.39 is 0 Å². The molecule has 0 heterocycles. The number of carbonyl (C=O) groups excluding carboxylic acids is 1. The van der Waals surface area contributed by atoms with Crippen LogP contribution in [0.3, 0.4) is 0 Å². The van der Waals surface area contributed by atoms with Gasteiger partial charge in [0.15, 0.2) is 0 Å². The predicted octanol–water partition coefficient (Wildman–Crippen LogP) is 1.69. The molecule has 0 bridgehead atoms. The van der Waals surface area contributed by atoms with E-state index in [1.54, 1.807) is 0 Å². The van der Waals surface area contributed by atoms with Gasteiger partial charge in [0.2, 0.25) is 0 Å². The number of carbonyl (C=O) groups is 1. The van der Waals surface area contributed by atoms with Gasteiger partial charge in [-0.05, 0) is 18.8 Å². The minimum absolute atomic E-state index is 0.450. The molecule has 2 aliphatic rings. The molecule has 0 N–H and O–H groups in total. The molecule has 0 aromatic rings. The summed E-state index contributed by atoms with van der Waals surface area (Å²) in [5, 5.41) is 0. The molecule has 0 saturated heterocycles. The molecule has 1 nitrogen and oxygen atoms in total. The average molecular weight is 122 g/mol. The Hall–Kier alpha value is -0.590. The standard InChI is InChI=1S/C8H10O/c9-8-4-6-2-1-3-7(6)5-8/h2,7H,1,3-5H2. The van der Waals surface area contributed by atoms with Crippen molar-refractivity contribution in [1.29, 1.82) is 0 Å². The highest BCUT2D eigenvalue weighted by molar-refractivity contribution is 5.85. The number of Topliss-reactive ketones (excluding diaryl/α,β-unsaturated/α-hetero) is 1. The fourth-order valence-electron chi connectivity index (χ4n) is 1.85. The van der Waals surface area contributed by atoms with Crippen LogP contribution in [0.15, 0.2) is 11.6 Å². The van der Waals surface area contributed by atoms with Gasteiger partial charge in [0.1, 0.15) is 5.78 Å². The molecule has 0 aromatic carbocycles. The summed E-state index contributed by atoms with van der Waals surface area (Å²) in [7, 11) is 0. The Morgan fingerprint density at radius 3 is 3.22 bits per heavy atom. The minimum Gasteiger partial charge on any atom is -0.299 e. The van der Waals surface area contributed by atoms with Crippen molar-refractivity contribution in [3.05, 3.63) is 11.6 Å². The Labute approximate surface area is 54.8 Å². The first-order valence-corrected chi connectivity index (χ1v) is 3.57. The summed E-state index contributed by atoms with van der Waals surface area (Å²) >= 11 is 0. The molecule has 1 heteroatoms. The molecule has 9 heavy (non-hydrogen) atoms. The number of hydrogen-bond donors (Lipinski definition) is 0. The van der Waals surface area contributed by atoms with Crippen molar-refractivity contribution >= 4 is 5.78 Å².